The van der Waals surface area contributed by atoms with Gasteiger partial charge >= 0.3 is 0 Å². The minimum atomic E-state index is 0.543. The predicted octanol–water partition coefficient (Wildman–Crippen LogP) is 2.60. The predicted molar refractivity (Wildman–Crippen MR) is 107 cm³/mol. The number of aryl methyl sites for hydroxylation is 2. The standard InChI is InChI=1S/C20H26N6O/c1-14-18(15(2)26(4)25-14)10-11-22-20(21-3)23-12-17-13-27-19(24-17)16-8-6-5-7-9-16/h5-9,13H,10-12H2,1-4H3,(H2,21,22,23). The number of oxazole rings is 1. The Morgan fingerprint density at radius 1 is 1.19 bits per heavy atom. The van der Waals surface area contributed by atoms with Crippen molar-refractivity contribution in [3.63, 3.8) is 0 Å². The fourth-order valence-electron chi connectivity index (χ4n) is 2.98. The summed E-state index contributed by atoms with van der Waals surface area (Å²) in [6.07, 6.45) is 2.57. The van der Waals surface area contributed by atoms with Crippen LogP contribution in [0.25, 0.3) is 11.5 Å². The zero-order chi connectivity index (χ0) is 19.2. The highest BCUT2D eigenvalue weighted by atomic mass is 16.3. The Labute approximate surface area is 159 Å². The van der Waals surface area contributed by atoms with Crippen LogP contribution in [0.5, 0.6) is 0 Å². The summed E-state index contributed by atoms with van der Waals surface area (Å²) in [7, 11) is 3.73. The maximum Gasteiger partial charge on any atom is 0.226 e. The molecule has 0 aliphatic heterocycles. The first-order chi connectivity index (χ1) is 13.1. The minimum Gasteiger partial charge on any atom is -0.444 e. The van der Waals surface area contributed by atoms with Crippen molar-refractivity contribution in [2.45, 2.75) is 26.8 Å². The van der Waals surface area contributed by atoms with Gasteiger partial charge in [-0.15, -0.1) is 0 Å². The summed E-state index contributed by atoms with van der Waals surface area (Å²) in [5.74, 6) is 1.36. The molecule has 3 aromatic rings. The number of nitrogens with one attached hydrogen (secondary N) is 2. The summed E-state index contributed by atoms with van der Waals surface area (Å²) in [6, 6.07) is 9.86. The molecule has 0 radical (unpaired) electrons. The molecule has 0 amide bonds. The summed E-state index contributed by atoms with van der Waals surface area (Å²) in [5, 5.41) is 11.1. The smallest absolute Gasteiger partial charge is 0.226 e. The number of hydrogen-bond donors (Lipinski definition) is 2. The van der Waals surface area contributed by atoms with Crippen molar-refractivity contribution in [2.24, 2.45) is 12.0 Å². The van der Waals surface area contributed by atoms with Crippen LogP contribution in [0.15, 0.2) is 46.0 Å². The Bertz CT molecular complexity index is 910. The van der Waals surface area contributed by atoms with Gasteiger partial charge in [-0.25, -0.2) is 4.98 Å². The monoisotopic (exact) mass is 366 g/mol. The quantitative estimate of drug-likeness (QED) is 0.518. The van der Waals surface area contributed by atoms with E-state index in [1.165, 1.54) is 11.3 Å². The van der Waals surface area contributed by atoms with Crippen LogP contribution in [0.4, 0.5) is 0 Å². The van der Waals surface area contributed by atoms with Gasteiger partial charge in [-0.05, 0) is 38.0 Å². The van der Waals surface area contributed by atoms with E-state index in [4.69, 9.17) is 4.42 Å². The van der Waals surface area contributed by atoms with Gasteiger partial charge in [0.25, 0.3) is 0 Å². The van der Waals surface area contributed by atoms with E-state index in [0.29, 0.717) is 12.4 Å². The molecule has 0 fully saturated rings. The highest BCUT2D eigenvalue weighted by molar-refractivity contribution is 5.79. The number of benzene rings is 1. The van der Waals surface area contributed by atoms with Crippen molar-refractivity contribution in [1.29, 1.82) is 0 Å². The molecule has 0 saturated carbocycles. The molecule has 1 aromatic carbocycles. The van der Waals surface area contributed by atoms with E-state index < -0.39 is 0 Å². The molecule has 27 heavy (non-hydrogen) atoms. The lowest BCUT2D eigenvalue weighted by Gasteiger charge is -2.11. The summed E-state index contributed by atoms with van der Waals surface area (Å²) in [6.45, 7) is 5.46. The van der Waals surface area contributed by atoms with Gasteiger partial charge in [-0.1, -0.05) is 18.2 Å². The fourth-order valence-corrected chi connectivity index (χ4v) is 2.98. The van der Waals surface area contributed by atoms with Crippen LogP contribution in [0.3, 0.4) is 0 Å². The Hall–Kier alpha value is -3.09. The van der Waals surface area contributed by atoms with E-state index in [1.54, 1.807) is 13.3 Å². The molecule has 0 saturated heterocycles. The second kappa shape index (κ2) is 8.53. The van der Waals surface area contributed by atoms with Crippen molar-refractivity contribution >= 4 is 5.96 Å². The van der Waals surface area contributed by atoms with Crippen molar-refractivity contribution in [3.8, 4) is 11.5 Å². The minimum absolute atomic E-state index is 0.543. The fraction of sp³-hybridized carbons (Fsp3) is 0.350. The first kappa shape index (κ1) is 18.7. The van der Waals surface area contributed by atoms with Gasteiger partial charge in [0.2, 0.25) is 5.89 Å². The van der Waals surface area contributed by atoms with Crippen molar-refractivity contribution in [2.75, 3.05) is 13.6 Å². The Morgan fingerprint density at radius 2 is 1.96 bits per heavy atom. The third-order valence-electron chi connectivity index (χ3n) is 4.56. The van der Waals surface area contributed by atoms with E-state index in [2.05, 4.69) is 32.6 Å². The van der Waals surface area contributed by atoms with Crippen molar-refractivity contribution in [1.82, 2.24) is 25.4 Å². The summed E-state index contributed by atoms with van der Waals surface area (Å²) in [5.41, 5.74) is 5.36. The molecule has 0 aliphatic rings. The van der Waals surface area contributed by atoms with Crippen LogP contribution in [0, 0.1) is 13.8 Å². The van der Waals surface area contributed by atoms with Gasteiger partial charge in [0, 0.05) is 31.9 Å². The van der Waals surface area contributed by atoms with Crippen LogP contribution in [0.1, 0.15) is 22.6 Å². The number of rotatable bonds is 6. The molecule has 0 atom stereocenters. The topological polar surface area (TPSA) is 80.3 Å². The van der Waals surface area contributed by atoms with Crippen molar-refractivity contribution in [3.05, 3.63) is 59.2 Å². The summed E-state index contributed by atoms with van der Waals surface area (Å²) in [4.78, 5) is 8.78. The second-order valence-corrected chi connectivity index (χ2v) is 6.39. The van der Waals surface area contributed by atoms with Gasteiger partial charge in [-0.3, -0.25) is 9.67 Å². The molecule has 2 N–H and O–H groups in total. The number of aromatic nitrogens is 3. The first-order valence-electron chi connectivity index (χ1n) is 9.02. The van der Waals surface area contributed by atoms with Crippen LogP contribution in [-0.2, 0) is 20.0 Å². The molecule has 0 spiro atoms. The maximum absolute atomic E-state index is 5.56. The van der Waals surface area contributed by atoms with Crippen molar-refractivity contribution < 1.29 is 4.42 Å². The third-order valence-corrected chi connectivity index (χ3v) is 4.56. The second-order valence-electron chi connectivity index (χ2n) is 6.39. The third kappa shape index (κ3) is 4.55. The van der Waals surface area contributed by atoms with Crippen LogP contribution in [-0.4, -0.2) is 34.3 Å². The van der Waals surface area contributed by atoms with Gasteiger partial charge < -0.3 is 15.1 Å². The number of hydrogen-bond acceptors (Lipinski definition) is 4. The van der Waals surface area contributed by atoms with Gasteiger partial charge in [0.1, 0.15) is 6.26 Å². The first-order valence-corrected chi connectivity index (χ1v) is 9.02. The summed E-state index contributed by atoms with van der Waals surface area (Å²) >= 11 is 0. The zero-order valence-electron chi connectivity index (χ0n) is 16.3. The largest absolute Gasteiger partial charge is 0.444 e. The molecule has 142 valence electrons. The zero-order valence-corrected chi connectivity index (χ0v) is 16.3. The van der Waals surface area contributed by atoms with Crippen LogP contribution < -0.4 is 10.6 Å². The van der Waals surface area contributed by atoms with E-state index in [0.717, 1.165) is 35.9 Å². The Kier molecular flexibility index (Phi) is 5.90. The average Bonchev–Trinajstić information content (AvgIpc) is 3.25. The molecule has 0 aliphatic carbocycles. The Balaban J connectivity index is 1.50. The maximum atomic E-state index is 5.56. The number of guanidine groups is 1. The van der Waals surface area contributed by atoms with E-state index in [9.17, 15) is 0 Å². The highest BCUT2D eigenvalue weighted by Gasteiger charge is 2.10. The van der Waals surface area contributed by atoms with Crippen LogP contribution >= 0.6 is 0 Å². The van der Waals surface area contributed by atoms with E-state index in [1.807, 2.05) is 49.0 Å². The molecule has 2 heterocycles. The molecular weight excluding hydrogens is 340 g/mol. The van der Waals surface area contributed by atoms with Crippen LogP contribution in [0.2, 0.25) is 0 Å². The molecule has 0 bridgehead atoms. The van der Waals surface area contributed by atoms with Gasteiger partial charge in [0.15, 0.2) is 5.96 Å². The molecule has 0 unspecified atom stereocenters. The SMILES string of the molecule is CN=C(NCCc1c(C)nn(C)c1C)NCc1coc(-c2ccccc2)n1. The normalized spacial score (nSPS) is 11.6. The number of nitrogens with zero attached hydrogens (tertiary/aromatic N) is 4. The lowest BCUT2D eigenvalue weighted by molar-refractivity contribution is 0.572. The lowest BCUT2D eigenvalue weighted by Crippen LogP contribution is -2.38. The molecule has 7 heteroatoms. The van der Waals surface area contributed by atoms with Gasteiger partial charge in [-0.2, -0.15) is 5.10 Å². The summed E-state index contributed by atoms with van der Waals surface area (Å²) < 4.78 is 7.49. The molecule has 2 aromatic heterocycles. The van der Waals surface area contributed by atoms with E-state index >= 15 is 0 Å². The molecular formula is C20H26N6O. The van der Waals surface area contributed by atoms with Gasteiger partial charge in [0.05, 0.1) is 17.9 Å². The molecule has 3 rings (SSSR count). The Morgan fingerprint density at radius 3 is 2.63 bits per heavy atom. The molecule has 7 nitrogen and oxygen atoms in total. The highest BCUT2D eigenvalue weighted by Crippen LogP contribution is 2.17. The lowest BCUT2D eigenvalue weighted by atomic mass is 10.1. The van der Waals surface area contributed by atoms with E-state index in [-0.39, 0.29) is 0 Å². The average molecular weight is 366 g/mol. The number of aliphatic imine (C=N–C) groups is 1.